The van der Waals surface area contributed by atoms with Crippen LogP contribution in [0.3, 0.4) is 0 Å². The van der Waals surface area contributed by atoms with Crippen molar-refractivity contribution >= 4 is 15.6 Å². The van der Waals surface area contributed by atoms with Gasteiger partial charge in [-0.1, -0.05) is 60.7 Å². The van der Waals surface area contributed by atoms with Gasteiger partial charge in [0.15, 0.2) is 15.6 Å². The maximum atomic E-state index is 13.4. The maximum Gasteiger partial charge on any atom is 0.170 e. The summed E-state index contributed by atoms with van der Waals surface area (Å²) in [5.41, 5.74) is 0.0491. The zero-order valence-electron chi connectivity index (χ0n) is 15.7. The number of hydrogen-bond donors (Lipinski definition) is 1. The summed E-state index contributed by atoms with van der Waals surface area (Å²) in [6.07, 6.45) is 0.995. The Labute approximate surface area is 165 Å². The molecule has 28 heavy (non-hydrogen) atoms. The van der Waals surface area contributed by atoms with Crippen molar-refractivity contribution in [2.45, 2.75) is 24.5 Å². The summed E-state index contributed by atoms with van der Waals surface area (Å²) < 4.78 is 23.9. The molecule has 5 nitrogen and oxygen atoms in total. The Morgan fingerprint density at radius 3 is 2.29 bits per heavy atom. The van der Waals surface area contributed by atoms with Gasteiger partial charge in [0, 0.05) is 24.7 Å². The summed E-state index contributed by atoms with van der Waals surface area (Å²) in [5, 5.41) is 11.6. The number of nitrogens with zero attached hydrogens (tertiary/aromatic N) is 1. The molecule has 6 heteroatoms. The smallest absolute Gasteiger partial charge is 0.170 e. The fourth-order valence-corrected chi connectivity index (χ4v) is 6.30. The zero-order valence-corrected chi connectivity index (χ0v) is 16.5. The van der Waals surface area contributed by atoms with Crippen LogP contribution in [-0.2, 0) is 15.4 Å². The van der Waals surface area contributed by atoms with E-state index in [2.05, 4.69) is 4.90 Å². The standard InChI is InChI=1S/C22H25NO4S/c24-21(17-7-3-1-4-8-17)20-15-23(19-11-14-28(26,27)16-19)13-12-22(20,25)18-9-5-2-6-10-18/h1-10,19-20,25H,11-16H2/t19-,20-,22+/m0/s1. The Bertz CT molecular complexity index is 945. The van der Waals surface area contributed by atoms with Crippen LogP contribution in [0, 0.1) is 5.92 Å². The lowest BCUT2D eigenvalue weighted by Crippen LogP contribution is -2.55. The summed E-state index contributed by atoms with van der Waals surface area (Å²) >= 11 is 0. The van der Waals surface area contributed by atoms with Crippen LogP contribution in [0.25, 0.3) is 0 Å². The number of hydrogen-bond acceptors (Lipinski definition) is 5. The first-order valence-electron chi connectivity index (χ1n) is 9.71. The predicted octanol–water partition coefficient (Wildman–Crippen LogP) is 2.27. The Kier molecular flexibility index (Phi) is 5.12. The molecule has 0 aliphatic carbocycles. The van der Waals surface area contributed by atoms with E-state index in [9.17, 15) is 18.3 Å². The summed E-state index contributed by atoms with van der Waals surface area (Å²) in [7, 11) is -3.00. The lowest BCUT2D eigenvalue weighted by molar-refractivity contribution is -0.0704. The molecule has 0 spiro atoms. The van der Waals surface area contributed by atoms with Gasteiger partial charge in [0.2, 0.25) is 0 Å². The molecule has 2 aliphatic rings. The molecule has 2 saturated heterocycles. The molecule has 2 aliphatic heterocycles. The van der Waals surface area contributed by atoms with E-state index in [0.717, 1.165) is 5.56 Å². The first kappa shape index (κ1) is 19.3. The van der Waals surface area contributed by atoms with Crippen LogP contribution < -0.4 is 0 Å². The number of carbonyl (C=O) groups is 1. The Balaban J connectivity index is 1.67. The quantitative estimate of drug-likeness (QED) is 0.799. The molecule has 4 rings (SSSR count). The van der Waals surface area contributed by atoms with Gasteiger partial charge in [0.25, 0.3) is 0 Å². The number of carbonyl (C=O) groups excluding carboxylic acids is 1. The first-order chi connectivity index (χ1) is 13.4. The van der Waals surface area contributed by atoms with Gasteiger partial charge < -0.3 is 5.11 Å². The zero-order chi connectivity index (χ0) is 19.8. The average Bonchev–Trinajstić information content (AvgIpc) is 3.09. The van der Waals surface area contributed by atoms with E-state index in [1.807, 2.05) is 48.5 Å². The summed E-state index contributed by atoms with van der Waals surface area (Å²) in [4.78, 5) is 15.5. The third-order valence-electron chi connectivity index (χ3n) is 6.15. The van der Waals surface area contributed by atoms with Crippen molar-refractivity contribution in [1.29, 1.82) is 0 Å². The van der Waals surface area contributed by atoms with E-state index in [0.29, 0.717) is 31.5 Å². The van der Waals surface area contributed by atoms with Gasteiger partial charge in [-0.25, -0.2) is 8.42 Å². The minimum atomic E-state index is -3.00. The number of rotatable bonds is 4. The maximum absolute atomic E-state index is 13.4. The van der Waals surface area contributed by atoms with Crippen molar-refractivity contribution < 1.29 is 18.3 Å². The van der Waals surface area contributed by atoms with E-state index < -0.39 is 21.4 Å². The van der Waals surface area contributed by atoms with Crippen LogP contribution in [0.1, 0.15) is 28.8 Å². The van der Waals surface area contributed by atoms with Crippen LogP contribution >= 0.6 is 0 Å². The largest absolute Gasteiger partial charge is 0.384 e. The normalized spacial score (nSPS) is 30.2. The van der Waals surface area contributed by atoms with E-state index in [-0.39, 0.29) is 23.3 Å². The van der Waals surface area contributed by atoms with Crippen molar-refractivity contribution in [2.75, 3.05) is 24.6 Å². The van der Waals surface area contributed by atoms with E-state index in [1.165, 1.54) is 0 Å². The second-order valence-electron chi connectivity index (χ2n) is 7.87. The fourth-order valence-electron chi connectivity index (χ4n) is 4.54. The molecule has 3 atom stereocenters. The third kappa shape index (κ3) is 3.64. The summed E-state index contributed by atoms with van der Waals surface area (Å²) in [6.45, 7) is 0.934. The number of Topliss-reactive ketones (excluding diaryl/α,β-unsaturated/α-hetero) is 1. The lowest BCUT2D eigenvalue weighted by atomic mass is 9.72. The van der Waals surface area contributed by atoms with Crippen molar-refractivity contribution in [2.24, 2.45) is 5.92 Å². The number of piperidine rings is 1. The summed E-state index contributed by atoms with van der Waals surface area (Å²) in [6, 6.07) is 18.3. The van der Waals surface area contributed by atoms with E-state index in [4.69, 9.17) is 0 Å². The molecular formula is C22H25NO4S. The molecule has 2 fully saturated rings. The van der Waals surface area contributed by atoms with Crippen LogP contribution in [0.5, 0.6) is 0 Å². The molecule has 2 aromatic rings. The highest BCUT2D eigenvalue weighted by Crippen LogP contribution is 2.40. The van der Waals surface area contributed by atoms with Crippen molar-refractivity contribution in [3.63, 3.8) is 0 Å². The molecule has 2 heterocycles. The monoisotopic (exact) mass is 399 g/mol. The molecule has 0 amide bonds. The molecule has 2 aromatic carbocycles. The Hall–Kier alpha value is -2.02. The molecule has 0 aromatic heterocycles. The molecule has 0 radical (unpaired) electrons. The third-order valence-corrected chi connectivity index (χ3v) is 7.90. The predicted molar refractivity (Wildman–Crippen MR) is 108 cm³/mol. The van der Waals surface area contributed by atoms with Crippen molar-refractivity contribution in [3.05, 3.63) is 71.8 Å². The number of benzene rings is 2. The minimum Gasteiger partial charge on any atom is -0.384 e. The van der Waals surface area contributed by atoms with Gasteiger partial charge in [-0.15, -0.1) is 0 Å². The van der Waals surface area contributed by atoms with Crippen molar-refractivity contribution in [1.82, 2.24) is 4.90 Å². The van der Waals surface area contributed by atoms with Gasteiger partial charge in [-0.05, 0) is 18.4 Å². The summed E-state index contributed by atoms with van der Waals surface area (Å²) in [5.74, 6) is -0.399. The van der Waals surface area contributed by atoms with Gasteiger partial charge in [0.1, 0.15) is 5.60 Å². The number of likely N-dealkylation sites (tertiary alicyclic amines) is 1. The number of sulfone groups is 1. The average molecular weight is 400 g/mol. The highest BCUT2D eigenvalue weighted by molar-refractivity contribution is 7.91. The molecule has 1 N–H and O–H groups in total. The SMILES string of the molecule is O=C(c1ccccc1)[C@@H]1CN([C@H]2CCS(=O)(=O)C2)CC[C@@]1(O)c1ccccc1. The second kappa shape index (κ2) is 7.43. The first-order valence-corrected chi connectivity index (χ1v) is 11.5. The number of aliphatic hydroxyl groups is 1. The van der Waals surface area contributed by atoms with Gasteiger partial charge in [-0.2, -0.15) is 0 Å². The topological polar surface area (TPSA) is 74.7 Å². The van der Waals surface area contributed by atoms with E-state index in [1.54, 1.807) is 12.1 Å². The van der Waals surface area contributed by atoms with Crippen LogP contribution in [0.2, 0.25) is 0 Å². The Morgan fingerprint density at radius 1 is 1.04 bits per heavy atom. The van der Waals surface area contributed by atoms with Crippen molar-refractivity contribution in [3.8, 4) is 0 Å². The number of ketones is 1. The highest BCUT2D eigenvalue weighted by Gasteiger charge is 2.48. The van der Waals surface area contributed by atoms with Crippen LogP contribution in [-0.4, -0.2) is 54.8 Å². The van der Waals surface area contributed by atoms with Gasteiger partial charge in [0.05, 0.1) is 17.4 Å². The lowest BCUT2D eigenvalue weighted by Gasteiger charge is -2.46. The second-order valence-corrected chi connectivity index (χ2v) is 10.1. The van der Waals surface area contributed by atoms with Crippen LogP contribution in [0.15, 0.2) is 60.7 Å². The minimum absolute atomic E-state index is 0.0728. The molecule has 0 bridgehead atoms. The Morgan fingerprint density at radius 2 is 1.68 bits per heavy atom. The molecular weight excluding hydrogens is 374 g/mol. The molecule has 0 unspecified atom stereocenters. The molecule has 148 valence electrons. The fraction of sp³-hybridized carbons (Fsp3) is 0.409. The van der Waals surface area contributed by atoms with E-state index >= 15 is 0 Å². The van der Waals surface area contributed by atoms with Gasteiger partial charge >= 0.3 is 0 Å². The van der Waals surface area contributed by atoms with Gasteiger partial charge in [-0.3, -0.25) is 9.69 Å². The van der Waals surface area contributed by atoms with Crippen LogP contribution in [0.4, 0.5) is 0 Å². The highest BCUT2D eigenvalue weighted by atomic mass is 32.2. The molecule has 0 saturated carbocycles.